The highest BCUT2D eigenvalue weighted by molar-refractivity contribution is 7.16. The van der Waals surface area contributed by atoms with Gasteiger partial charge in [-0.25, -0.2) is 4.98 Å². The number of carbonyl (C=O) groups is 1. The molecule has 0 aliphatic heterocycles. The van der Waals surface area contributed by atoms with Crippen LogP contribution in [0.5, 0.6) is 0 Å². The van der Waals surface area contributed by atoms with Crippen molar-refractivity contribution in [3.05, 3.63) is 29.3 Å². The van der Waals surface area contributed by atoms with Crippen molar-refractivity contribution in [2.75, 3.05) is 0 Å². The molecule has 0 spiro atoms. The minimum absolute atomic E-state index is 0.198. The number of carbonyl (C=O) groups excluding carboxylic acids is 1. The highest BCUT2D eigenvalue weighted by atomic mass is 32.1. The van der Waals surface area contributed by atoms with Crippen molar-refractivity contribution in [3.63, 3.8) is 0 Å². The predicted octanol–water partition coefficient (Wildman–Crippen LogP) is 2.43. The average Bonchev–Trinajstić information content (AvgIpc) is 2.49. The molecule has 66 valence electrons. The fourth-order valence-corrected chi connectivity index (χ4v) is 2.04. The van der Waals surface area contributed by atoms with Crippen molar-refractivity contribution in [1.82, 2.24) is 4.98 Å². The molecule has 3 heteroatoms. The minimum atomic E-state index is 0.198. The molecule has 2 nitrogen and oxygen atoms in total. The summed E-state index contributed by atoms with van der Waals surface area (Å²) in [6, 6.07) is 5.96. The Morgan fingerprint density at radius 3 is 3.15 bits per heavy atom. The summed E-state index contributed by atoms with van der Waals surface area (Å²) < 4.78 is 1.15. The minimum Gasteiger partial charge on any atom is -0.300 e. The van der Waals surface area contributed by atoms with Crippen LogP contribution in [0.15, 0.2) is 23.7 Å². The lowest BCUT2D eigenvalue weighted by molar-refractivity contribution is -0.116. The first kappa shape index (κ1) is 8.38. The second kappa shape index (κ2) is 3.26. The van der Waals surface area contributed by atoms with Crippen molar-refractivity contribution >= 4 is 27.3 Å². The van der Waals surface area contributed by atoms with Crippen molar-refractivity contribution < 1.29 is 4.79 Å². The molecule has 0 fully saturated rings. The molecular weight excluding hydrogens is 182 g/mol. The zero-order valence-electron chi connectivity index (χ0n) is 7.28. The molecular formula is C10H9NOS. The summed E-state index contributed by atoms with van der Waals surface area (Å²) in [7, 11) is 0. The van der Waals surface area contributed by atoms with E-state index in [1.807, 2.05) is 23.7 Å². The number of hydrogen-bond donors (Lipinski definition) is 0. The van der Waals surface area contributed by atoms with Crippen LogP contribution in [0.25, 0.3) is 10.2 Å². The lowest BCUT2D eigenvalue weighted by Gasteiger charge is -1.96. The van der Waals surface area contributed by atoms with Crippen LogP contribution in [0.1, 0.15) is 12.5 Å². The summed E-state index contributed by atoms with van der Waals surface area (Å²) in [5, 5.41) is 0. The molecule has 0 saturated carbocycles. The number of benzene rings is 1. The van der Waals surface area contributed by atoms with Crippen LogP contribution < -0.4 is 0 Å². The van der Waals surface area contributed by atoms with Gasteiger partial charge in [0, 0.05) is 6.42 Å². The monoisotopic (exact) mass is 191 g/mol. The summed E-state index contributed by atoms with van der Waals surface area (Å²) in [5.74, 6) is 0.198. The van der Waals surface area contributed by atoms with E-state index in [1.165, 1.54) is 0 Å². The van der Waals surface area contributed by atoms with Crippen molar-refractivity contribution in [2.24, 2.45) is 0 Å². The lowest BCUT2D eigenvalue weighted by Crippen LogP contribution is -1.95. The third kappa shape index (κ3) is 1.75. The van der Waals surface area contributed by atoms with E-state index in [9.17, 15) is 4.79 Å². The largest absolute Gasteiger partial charge is 0.300 e. The van der Waals surface area contributed by atoms with Gasteiger partial charge in [-0.1, -0.05) is 6.07 Å². The number of Topliss-reactive ketones (excluding diaryl/α,β-unsaturated/α-hetero) is 1. The number of rotatable bonds is 2. The summed E-state index contributed by atoms with van der Waals surface area (Å²) in [6.07, 6.45) is 0.522. The zero-order valence-corrected chi connectivity index (χ0v) is 8.10. The third-order valence-corrected chi connectivity index (χ3v) is 2.64. The molecule has 0 radical (unpaired) electrons. The standard InChI is InChI=1S/C10H9NOS/c1-7(12)4-8-2-3-9-10(5-8)13-6-11-9/h2-3,5-6H,4H2,1H3. The number of fused-ring (bicyclic) bond motifs is 1. The van der Waals surface area contributed by atoms with Crippen molar-refractivity contribution in [2.45, 2.75) is 13.3 Å². The normalized spacial score (nSPS) is 10.5. The number of hydrogen-bond acceptors (Lipinski definition) is 3. The molecule has 2 rings (SSSR count). The molecule has 13 heavy (non-hydrogen) atoms. The van der Waals surface area contributed by atoms with E-state index in [0.717, 1.165) is 15.8 Å². The number of ketones is 1. The lowest BCUT2D eigenvalue weighted by atomic mass is 10.1. The van der Waals surface area contributed by atoms with E-state index in [0.29, 0.717) is 6.42 Å². The highest BCUT2D eigenvalue weighted by Gasteiger charge is 2.00. The highest BCUT2D eigenvalue weighted by Crippen LogP contribution is 2.19. The van der Waals surface area contributed by atoms with Gasteiger partial charge in [0.05, 0.1) is 15.7 Å². The Morgan fingerprint density at radius 2 is 2.38 bits per heavy atom. The average molecular weight is 191 g/mol. The van der Waals surface area contributed by atoms with Crippen LogP contribution in [0.3, 0.4) is 0 Å². The van der Waals surface area contributed by atoms with E-state index in [-0.39, 0.29) is 5.78 Å². The van der Waals surface area contributed by atoms with E-state index in [4.69, 9.17) is 0 Å². The molecule has 0 amide bonds. The quantitative estimate of drug-likeness (QED) is 0.729. The van der Waals surface area contributed by atoms with Gasteiger partial charge in [0.1, 0.15) is 5.78 Å². The smallest absolute Gasteiger partial charge is 0.134 e. The Bertz CT molecular complexity index is 447. The second-order valence-electron chi connectivity index (χ2n) is 3.03. The zero-order chi connectivity index (χ0) is 9.26. The Kier molecular flexibility index (Phi) is 2.10. The molecule has 0 atom stereocenters. The van der Waals surface area contributed by atoms with Gasteiger partial charge >= 0.3 is 0 Å². The fraction of sp³-hybridized carbons (Fsp3) is 0.200. The molecule has 2 aromatic rings. The molecule has 0 saturated heterocycles. The van der Waals surface area contributed by atoms with Crippen LogP contribution in [0, 0.1) is 0 Å². The Hall–Kier alpha value is -1.22. The second-order valence-corrected chi connectivity index (χ2v) is 3.92. The molecule has 1 aromatic carbocycles. The number of thiazole rings is 1. The van der Waals surface area contributed by atoms with Gasteiger partial charge in [-0.05, 0) is 24.6 Å². The van der Waals surface area contributed by atoms with E-state index in [1.54, 1.807) is 18.3 Å². The molecule has 0 aliphatic carbocycles. The van der Waals surface area contributed by atoms with Crippen LogP contribution in [0.4, 0.5) is 0 Å². The van der Waals surface area contributed by atoms with Gasteiger partial charge in [0.2, 0.25) is 0 Å². The molecule has 0 N–H and O–H groups in total. The molecule has 1 aromatic heterocycles. The van der Waals surface area contributed by atoms with Gasteiger partial charge in [-0.15, -0.1) is 11.3 Å². The van der Waals surface area contributed by atoms with Gasteiger partial charge in [-0.3, -0.25) is 4.79 Å². The molecule has 0 bridgehead atoms. The first-order chi connectivity index (χ1) is 6.25. The summed E-state index contributed by atoms with van der Waals surface area (Å²) in [6.45, 7) is 1.61. The maximum atomic E-state index is 10.9. The van der Waals surface area contributed by atoms with Crippen molar-refractivity contribution in [1.29, 1.82) is 0 Å². The molecule has 0 unspecified atom stereocenters. The molecule has 1 heterocycles. The Labute approximate surface area is 80.2 Å². The van der Waals surface area contributed by atoms with Gasteiger partial charge < -0.3 is 0 Å². The van der Waals surface area contributed by atoms with Crippen LogP contribution in [-0.2, 0) is 11.2 Å². The van der Waals surface area contributed by atoms with E-state index in [2.05, 4.69) is 4.98 Å². The number of nitrogens with zero attached hydrogens (tertiary/aromatic N) is 1. The number of aromatic nitrogens is 1. The first-order valence-corrected chi connectivity index (χ1v) is 4.95. The summed E-state index contributed by atoms with van der Waals surface area (Å²) in [5.41, 5.74) is 3.91. The van der Waals surface area contributed by atoms with Gasteiger partial charge in [0.25, 0.3) is 0 Å². The fourth-order valence-electron chi connectivity index (χ4n) is 1.30. The van der Waals surface area contributed by atoms with Crippen LogP contribution >= 0.6 is 11.3 Å². The predicted molar refractivity (Wildman–Crippen MR) is 54.0 cm³/mol. The molecule has 0 aliphatic rings. The Morgan fingerprint density at radius 1 is 1.54 bits per heavy atom. The van der Waals surface area contributed by atoms with Gasteiger partial charge in [0.15, 0.2) is 0 Å². The van der Waals surface area contributed by atoms with Crippen molar-refractivity contribution in [3.8, 4) is 0 Å². The topological polar surface area (TPSA) is 30.0 Å². The Balaban J connectivity index is 2.42. The van der Waals surface area contributed by atoms with Crippen LogP contribution in [0.2, 0.25) is 0 Å². The third-order valence-electron chi connectivity index (χ3n) is 1.85. The van der Waals surface area contributed by atoms with Gasteiger partial charge in [-0.2, -0.15) is 0 Å². The van der Waals surface area contributed by atoms with Crippen LogP contribution in [-0.4, -0.2) is 10.8 Å². The first-order valence-electron chi connectivity index (χ1n) is 4.07. The summed E-state index contributed by atoms with van der Waals surface area (Å²) >= 11 is 1.61. The SMILES string of the molecule is CC(=O)Cc1ccc2ncsc2c1. The van der Waals surface area contributed by atoms with E-state index < -0.39 is 0 Å². The maximum Gasteiger partial charge on any atom is 0.134 e. The summed E-state index contributed by atoms with van der Waals surface area (Å²) in [4.78, 5) is 15.0. The maximum absolute atomic E-state index is 10.9. The van der Waals surface area contributed by atoms with E-state index >= 15 is 0 Å².